The van der Waals surface area contributed by atoms with Gasteiger partial charge in [0, 0.05) is 23.2 Å². The first-order chi connectivity index (χ1) is 11.5. The van der Waals surface area contributed by atoms with E-state index >= 15 is 0 Å². The summed E-state index contributed by atoms with van der Waals surface area (Å²) in [5.41, 5.74) is 1.57. The molecule has 122 valence electrons. The Labute approximate surface area is 138 Å². The monoisotopic (exact) mass is 323 g/mol. The van der Waals surface area contributed by atoms with Gasteiger partial charge in [-0.15, -0.1) is 0 Å². The molecule has 3 rings (SSSR count). The van der Waals surface area contributed by atoms with Crippen molar-refractivity contribution in [3.05, 3.63) is 70.6 Å². The Bertz CT molecular complexity index is 931. The van der Waals surface area contributed by atoms with E-state index in [2.05, 4.69) is 5.32 Å². The Hall–Kier alpha value is -3.08. The largest absolute Gasteiger partial charge is 0.481 e. The molecule has 0 radical (unpaired) electrons. The molecule has 24 heavy (non-hydrogen) atoms. The van der Waals surface area contributed by atoms with Crippen molar-refractivity contribution in [1.29, 1.82) is 0 Å². The third-order valence-corrected chi connectivity index (χ3v) is 3.65. The maximum Gasteiger partial charge on any atom is 0.336 e. The van der Waals surface area contributed by atoms with Crippen LogP contribution in [0.3, 0.4) is 0 Å². The van der Waals surface area contributed by atoms with Crippen molar-refractivity contribution in [3.63, 3.8) is 0 Å². The van der Waals surface area contributed by atoms with E-state index in [0.29, 0.717) is 17.0 Å². The van der Waals surface area contributed by atoms with Gasteiger partial charge in [0.1, 0.15) is 11.3 Å². The first-order valence-electron chi connectivity index (χ1n) is 7.60. The molecule has 1 amide bonds. The van der Waals surface area contributed by atoms with E-state index in [0.717, 1.165) is 10.9 Å². The van der Waals surface area contributed by atoms with Gasteiger partial charge in [0.05, 0.1) is 0 Å². The molecule has 0 aliphatic rings. The van der Waals surface area contributed by atoms with Crippen molar-refractivity contribution < 1.29 is 13.9 Å². The molecule has 1 atom stereocenters. The van der Waals surface area contributed by atoms with Gasteiger partial charge in [-0.05, 0) is 43.7 Å². The lowest BCUT2D eigenvalue weighted by atomic mass is 10.1. The highest BCUT2D eigenvalue weighted by molar-refractivity contribution is 5.94. The highest BCUT2D eigenvalue weighted by Gasteiger charge is 2.15. The molecule has 0 spiro atoms. The van der Waals surface area contributed by atoms with E-state index < -0.39 is 11.7 Å². The maximum absolute atomic E-state index is 12.2. The van der Waals surface area contributed by atoms with Crippen molar-refractivity contribution in [3.8, 4) is 5.75 Å². The highest BCUT2D eigenvalue weighted by atomic mass is 16.5. The van der Waals surface area contributed by atoms with Crippen LogP contribution in [-0.2, 0) is 4.79 Å². The van der Waals surface area contributed by atoms with Crippen molar-refractivity contribution in [1.82, 2.24) is 0 Å². The quantitative estimate of drug-likeness (QED) is 0.746. The Morgan fingerprint density at radius 1 is 1.12 bits per heavy atom. The lowest BCUT2D eigenvalue weighted by molar-refractivity contribution is -0.122. The number of hydrogen-bond donors (Lipinski definition) is 1. The summed E-state index contributed by atoms with van der Waals surface area (Å²) in [6.45, 7) is 3.50. The predicted octanol–water partition coefficient (Wildman–Crippen LogP) is 3.51. The van der Waals surface area contributed by atoms with Crippen molar-refractivity contribution in [2.75, 3.05) is 5.32 Å². The lowest BCUT2D eigenvalue weighted by Crippen LogP contribution is -2.30. The van der Waals surface area contributed by atoms with E-state index in [4.69, 9.17) is 9.15 Å². The Morgan fingerprint density at radius 3 is 2.62 bits per heavy atom. The Kier molecular flexibility index (Phi) is 4.33. The van der Waals surface area contributed by atoms with E-state index in [9.17, 15) is 9.59 Å². The van der Waals surface area contributed by atoms with Crippen LogP contribution >= 0.6 is 0 Å². The maximum atomic E-state index is 12.2. The van der Waals surface area contributed by atoms with E-state index in [-0.39, 0.29) is 5.91 Å². The van der Waals surface area contributed by atoms with Gasteiger partial charge in [0.2, 0.25) is 0 Å². The summed E-state index contributed by atoms with van der Waals surface area (Å²) in [5, 5.41) is 3.62. The van der Waals surface area contributed by atoms with Gasteiger partial charge in [-0.3, -0.25) is 4.79 Å². The average Bonchev–Trinajstić information content (AvgIpc) is 2.55. The Balaban J connectivity index is 1.76. The number of carbonyl (C=O) groups excluding carboxylic acids is 1. The molecular weight excluding hydrogens is 306 g/mol. The SMILES string of the molecule is Cc1cc(=O)oc2cc(O[C@@H](C)C(=O)Nc3ccccc3)ccc12. The van der Waals surface area contributed by atoms with Crippen LogP contribution in [0.4, 0.5) is 5.69 Å². The van der Waals surface area contributed by atoms with Gasteiger partial charge < -0.3 is 14.5 Å². The summed E-state index contributed by atoms with van der Waals surface area (Å²) in [6.07, 6.45) is -0.695. The van der Waals surface area contributed by atoms with Crippen molar-refractivity contribution >= 4 is 22.6 Å². The number of para-hydroxylation sites is 1. The number of aryl methyl sites for hydroxylation is 1. The second-order valence-electron chi connectivity index (χ2n) is 5.52. The number of benzene rings is 2. The first-order valence-corrected chi connectivity index (χ1v) is 7.60. The van der Waals surface area contributed by atoms with Gasteiger partial charge in [0.25, 0.3) is 5.91 Å². The second-order valence-corrected chi connectivity index (χ2v) is 5.52. The minimum absolute atomic E-state index is 0.257. The number of amides is 1. The number of nitrogens with one attached hydrogen (secondary N) is 1. The van der Waals surface area contributed by atoms with Gasteiger partial charge in [-0.1, -0.05) is 18.2 Å². The van der Waals surface area contributed by atoms with Crippen LogP contribution in [0.2, 0.25) is 0 Å². The molecule has 0 unspecified atom stereocenters. The number of hydrogen-bond acceptors (Lipinski definition) is 4. The molecule has 0 fully saturated rings. The third-order valence-electron chi connectivity index (χ3n) is 3.65. The van der Waals surface area contributed by atoms with Crippen LogP contribution in [-0.4, -0.2) is 12.0 Å². The van der Waals surface area contributed by atoms with E-state index in [1.54, 1.807) is 31.2 Å². The van der Waals surface area contributed by atoms with Crippen LogP contribution in [0.25, 0.3) is 11.0 Å². The Morgan fingerprint density at radius 2 is 1.88 bits per heavy atom. The van der Waals surface area contributed by atoms with Crippen LogP contribution in [0, 0.1) is 6.92 Å². The van der Waals surface area contributed by atoms with E-state index in [1.807, 2.05) is 31.2 Å². The average molecular weight is 323 g/mol. The molecule has 0 saturated carbocycles. The summed E-state index contributed by atoms with van der Waals surface area (Å²) in [5.74, 6) is 0.207. The molecular formula is C19H17NO4. The molecule has 2 aromatic carbocycles. The van der Waals surface area contributed by atoms with Crippen molar-refractivity contribution in [2.24, 2.45) is 0 Å². The number of carbonyl (C=O) groups is 1. The van der Waals surface area contributed by atoms with Gasteiger partial charge in [0.15, 0.2) is 6.10 Å². The smallest absolute Gasteiger partial charge is 0.336 e. The molecule has 5 heteroatoms. The fourth-order valence-corrected chi connectivity index (χ4v) is 2.40. The third kappa shape index (κ3) is 3.46. The summed E-state index contributed by atoms with van der Waals surface area (Å²) < 4.78 is 10.8. The predicted molar refractivity (Wildman–Crippen MR) is 92.4 cm³/mol. The molecule has 1 N–H and O–H groups in total. The fraction of sp³-hybridized carbons (Fsp3) is 0.158. The van der Waals surface area contributed by atoms with Crippen LogP contribution in [0.5, 0.6) is 5.75 Å². The molecule has 5 nitrogen and oxygen atoms in total. The lowest BCUT2D eigenvalue weighted by Gasteiger charge is -2.15. The second kappa shape index (κ2) is 6.58. The number of fused-ring (bicyclic) bond motifs is 1. The van der Waals surface area contributed by atoms with Crippen LogP contribution in [0.15, 0.2) is 63.8 Å². The molecule has 0 saturated heterocycles. The van der Waals surface area contributed by atoms with Crippen LogP contribution < -0.4 is 15.7 Å². The molecule has 1 aromatic heterocycles. The zero-order valence-corrected chi connectivity index (χ0v) is 13.4. The first kappa shape index (κ1) is 15.8. The minimum atomic E-state index is -0.695. The molecule has 0 bridgehead atoms. The van der Waals surface area contributed by atoms with Gasteiger partial charge >= 0.3 is 5.63 Å². The topological polar surface area (TPSA) is 68.5 Å². The fourth-order valence-electron chi connectivity index (χ4n) is 2.40. The number of ether oxygens (including phenoxy) is 1. The molecule has 0 aliphatic heterocycles. The van der Waals surface area contributed by atoms with Gasteiger partial charge in [-0.25, -0.2) is 4.79 Å². The summed E-state index contributed by atoms with van der Waals surface area (Å²) in [4.78, 5) is 23.7. The van der Waals surface area contributed by atoms with Crippen molar-refractivity contribution in [2.45, 2.75) is 20.0 Å². The number of anilines is 1. The molecule has 1 heterocycles. The normalized spacial score (nSPS) is 11.9. The summed E-state index contributed by atoms with van der Waals surface area (Å²) in [7, 11) is 0. The zero-order chi connectivity index (χ0) is 17.1. The summed E-state index contributed by atoms with van der Waals surface area (Å²) in [6, 6.07) is 15.8. The highest BCUT2D eigenvalue weighted by Crippen LogP contribution is 2.23. The minimum Gasteiger partial charge on any atom is -0.481 e. The molecule has 3 aromatic rings. The van der Waals surface area contributed by atoms with Gasteiger partial charge in [-0.2, -0.15) is 0 Å². The van der Waals surface area contributed by atoms with E-state index in [1.165, 1.54) is 6.07 Å². The summed E-state index contributed by atoms with van der Waals surface area (Å²) >= 11 is 0. The number of rotatable bonds is 4. The zero-order valence-electron chi connectivity index (χ0n) is 13.4. The standard InChI is InChI=1S/C19H17NO4/c1-12-10-18(21)24-17-11-15(8-9-16(12)17)23-13(2)19(22)20-14-6-4-3-5-7-14/h3-11,13H,1-2H3,(H,20,22)/t13-/m0/s1. The molecule has 0 aliphatic carbocycles. The van der Waals surface area contributed by atoms with Crippen LogP contribution in [0.1, 0.15) is 12.5 Å².